The third-order valence-electron chi connectivity index (χ3n) is 1.59. The van der Waals surface area contributed by atoms with Crippen LogP contribution >= 0.6 is 0 Å². The average Bonchev–Trinajstić information content (AvgIpc) is 2.52. The van der Waals surface area contributed by atoms with Crippen LogP contribution in [0.4, 0.5) is 6.01 Å². The second-order valence-electron chi connectivity index (χ2n) is 2.70. The number of hydrogen-bond acceptors (Lipinski definition) is 4. The van der Waals surface area contributed by atoms with Gasteiger partial charge in [-0.1, -0.05) is 6.92 Å². The molecule has 1 heterocycles. The maximum Gasteiger partial charge on any atom is 0.297 e. The summed E-state index contributed by atoms with van der Waals surface area (Å²) in [7, 11) is 1.91. The van der Waals surface area contributed by atoms with Crippen LogP contribution in [0.1, 0.15) is 19.0 Å². The maximum atomic E-state index is 8.72. The molecule has 1 rings (SSSR count). The van der Waals surface area contributed by atoms with E-state index >= 15 is 0 Å². The highest BCUT2D eigenvalue weighted by Gasteiger charge is 2.06. The lowest BCUT2D eigenvalue weighted by Crippen LogP contribution is -2.17. The second kappa shape index (κ2) is 4.11. The van der Waals surface area contributed by atoms with Gasteiger partial charge < -0.3 is 14.4 Å². The van der Waals surface area contributed by atoms with Crippen molar-refractivity contribution in [3.63, 3.8) is 0 Å². The molecule has 0 aromatic carbocycles. The highest BCUT2D eigenvalue weighted by molar-refractivity contribution is 5.24. The first-order chi connectivity index (χ1) is 5.77. The van der Waals surface area contributed by atoms with Crippen LogP contribution < -0.4 is 4.90 Å². The van der Waals surface area contributed by atoms with Crippen molar-refractivity contribution in [3.05, 3.63) is 12.0 Å². The zero-order valence-electron chi connectivity index (χ0n) is 7.45. The molecule has 1 N–H and O–H groups in total. The number of aliphatic hydroxyl groups excluding tert-OH is 1. The standard InChI is InChI=1S/C8H14N2O2/c1-3-4-10(2)8-9-7(5-11)6-12-8/h6,11H,3-5H2,1-2H3. The van der Waals surface area contributed by atoms with Crippen LogP contribution in [-0.2, 0) is 6.61 Å². The van der Waals surface area contributed by atoms with Gasteiger partial charge in [-0.3, -0.25) is 0 Å². The minimum absolute atomic E-state index is 0.0660. The number of oxazole rings is 1. The predicted octanol–water partition coefficient (Wildman–Crippen LogP) is 1.01. The fourth-order valence-corrected chi connectivity index (χ4v) is 0.975. The largest absolute Gasteiger partial charge is 0.432 e. The molecule has 68 valence electrons. The van der Waals surface area contributed by atoms with Gasteiger partial charge in [0.05, 0.1) is 6.61 Å². The Labute approximate surface area is 71.8 Å². The van der Waals surface area contributed by atoms with Gasteiger partial charge in [0.15, 0.2) is 0 Å². The quantitative estimate of drug-likeness (QED) is 0.732. The lowest BCUT2D eigenvalue weighted by Gasteiger charge is -2.11. The zero-order valence-corrected chi connectivity index (χ0v) is 7.45. The first-order valence-electron chi connectivity index (χ1n) is 4.04. The Morgan fingerprint density at radius 1 is 1.67 bits per heavy atom. The van der Waals surface area contributed by atoms with Gasteiger partial charge >= 0.3 is 0 Å². The SMILES string of the molecule is CCCN(C)c1nc(CO)co1. The summed E-state index contributed by atoms with van der Waals surface area (Å²) in [4.78, 5) is 5.97. The highest BCUT2D eigenvalue weighted by atomic mass is 16.4. The van der Waals surface area contributed by atoms with Crippen molar-refractivity contribution in [2.75, 3.05) is 18.5 Å². The van der Waals surface area contributed by atoms with E-state index in [0.29, 0.717) is 11.7 Å². The molecular formula is C8H14N2O2. The third kappa shape index (κ3) is 1.98. The monoisotopic (exact) mass is 170 g/mol. The van der Waals surface area contributed by atoms with E-state index in [1.807, 2.05) is 11.9 Å². The molecule has 0 aliphatic rings. The molecule has 0 bridgehead atoms. The average molecular weight is 170 g/mol. The molecule has 4 heteroatoms. The van der Waals surface area contributed by atoms with Gasteiger partial charge in [-0.25, -0.2) is 0 Å². The van der Waals surface area contributed by atoms with E-state index in [2.05, 4.69) is 11.9 Å². The summed E-state index contributed by atoms with van der Waals surface area (Å²) >= 11 is 0. The van der Waals surface area contributed by atoms with E-state index in [9.17, 15) is 0 Å². The van der Waals surface area contributed by atoms with E-state index in [0.717, 1.165) is 13.0 Å². The molecule has 12 heavy (non-hydrogen) atoms. The van der Waals surface area contributed by atoms with Crippen molar-refractivity contribution in [2.24, 2.45) is 0 Å². The van der Waals surface area contributed by atoms with Crippen molar-refractivity contribution in [2.45, 2.75) is 20.0 Å². The smallest absolute Gasteiger partial charge is 0.297 e. The minimum atomic E-state index is -0.0660. The molecule has 0 aliphatic carbocycles. The van der Waals surface area contributed by atoms with Crippen LogP contribution in [-0.4, -0.2) is 23.7 Å². The molecule has 1 aromatic rings. The third-order valence-corrected chi connectivity index (χ3v) is 1.59. The molecule has 0 fully saturated rings. The van der Waals surface area contributed by atoms with E-state index < -0.39 is 0 Å². The van der Waals surface area contributed by atoms with Crippen LogP contribution in [0.25, 0.3) is 0 Å². The Balaban J connectivity index is 2.61. The Morgan fingerprint density at radius 3 is 2.92 bits per heavy atom. The lowest BCUT2D eigenvalue weighted by molar-refractivity contribution is 0.276. The molecule has 0 radical (unpaired) electrons. The molecule has 0 atom stereocenters. The number of aromatic nitrogens is 1. The first-order valence-corrected chi connectivity index (χ1v) is 4.04. The summed E-state index contributed by atoms with van der Waals surface area (Å²) in [6.07, 6.45) is 2.52. The van der Waals surface area contributed by atoms with E-state index in [-0.39, 0.29) is 6.61 Å². The Kier molecular flexibility index (Phi) is 3.10. The molecule has 0 saturated carbocycles. The fraction of sp³-hybridized carbons (Fsp3) is 0.625. The van der Waals surface area contributed by atoms with Gasteiger partial charge in [0.1, 0.15) is 12.0 Å². The van der Waals surface area contributed by atoms with E-state index in [1.165, 1.54) is 6.26 Å². The lowest BCUT2D eigenvalue weighted by atomic mass is 10.4. The van der Waals surface area contributed by atoms with Crippen molar-refractivity contribution < 1.29 is 9.52 Å². The molecule has 0 spiro atoms. The van der Waals surface area contributed by atoms with E-state index in [4.69, 9.17) is 9.52 Å². The van der Waals surface area contributed by atoms with Gasteiger partial charge in [0.2, 0.25) is 0 Å². The fourth-order valence-electron chi connectivity index (χ4n) is 0.975. The summed E-state index contributed by atoms with van der Waals surface area (Å²) < 4.78 is 5.12. The number of anilines is 1. The number of nitrogens with zero attached hydrogens (tertiary/aromatic N) is 2. The Hall–Kier alpha value is -1.03. The van der Waals surface area contributed by atoms with Crippen LogP contribution in [0.2, 0.25) is 0 Å². The Bertz CT molecular complexity index is 235. The second-order valence-corrected chi connectivity index (χ2v) is 2.70. The molecule has 0 unspecified atom stereocenters. The predicted molar refractivity (Wildman–Crippen MR) is 46.0 cm³/mol. The van der Waals surface area contributed by atoms with E-state index in [1.54, 1.807) is 0 Å². The number of hydrogen-bond donors (Lipinski definition) is 1. The first kappa shape index (κ1) is 9.06. The molecular weight excluding hydrogens is 156 g/mol. The topological polar surface area (TPSA) is 49.5 Å². The van der Waals surface area contributed by atoms with Crippen molar-refractivity contribution in [1.82, 2.24) is 4.98 Å². The normalized spacial score (nSPS) is 10.2. The van der Waals surface area contributed by atoms with Crippen LogP contribution in [0.15, 0.2) is 10.7 Å². The molecule has 4 nitrogen and oxygen atoms in total. The summed E-state index contributed by atoms with van der Waals surface area (Å²) in [6.45, 7) is 2.93. The van der Waals surface area contributed by atoms with Crippen LogP contribution in [0.5, 0.6) is 0 Å². The van der Waals surface area contributed by atoms with Crippen LogP contribution in [0.3, 0.4) is 0 Å². The number of aliphatic hydroxyl groups is 1. The summed E-state index contributed by atoms with van der Waals surface area (Å²) in [5, 5.41) is 8.72. The minimum Gasteiger partial charge on any atom is -0.432 e. The summed E-state index contributed by atoms with van der Waals surface area (Å²) in [6, 6.07) is 0.570. The Morgan fingerprint density at radius 2 is 2.42 bits per heavy atom. The molecule has 0 saturated heterocycles. The van der Waals surface area contributed by atoms with Crippen molar-refractivity contribution >= 4 is 6.01 Å². The number of rotatable bonds is 4. The van der Waals surface area contributed by atoms with Crippen LogP contribution in [0, 0.1) is 0 Å². The van der Waals surface area contributed by atoms with Gasteiger partial charge in [0.25, 0.3) is 6.01 Å². The van der Waals surface area contributed by atoms with Gasteiger partial charge in [-0.05, 0) is 6.42 Å². The molecule has 1 aromatic heterocycles. The van der Waals surface area contributed by atoms with Gasteiger partial charge in [-0.2, -0.15) is 4.98 Å². The van der Waals surface area contributed by atoms with Gasteiger partial charge in [-0.15, -0.1) is 0 Å². The molecule has 0 amide bonds. The maximum absolute atomic E-state index is 8.72. The summed E-state index contributed by atoms with van der Waals surface area (Å²) in [5.74, 6) is 0. The van der Waals surface area contributed by atoms with Crippen molar-refractivity contribution in [3.8, 4) is 0 Å². The zero-order chi connectivity index (χ0) is 8.97. The summed E-state index contributed by atoms with van der Waals surface area (Å²) in [5.41, 5.74) is 0.577. The highest BCUT2D eigenvalue weighted by Crippen LogP contribution is 2.11. The van der Waals surface area contributed by atoms with Gasteiger partial charge in [0, 0.05) is 13.6 Å². The van der Waals surface area contributed by atoms with Crippen molar-refractivity contribution in [1.29, 1.82) is 0 Å². The molecule has 0 aliphatic heterocycles.